The molecule has 1 unspecified atom stereocenters. The fourth-order valence-corrected chi connectivity index (χ4v) is 2.35. The van der Waals surface area contributed by atoms with Crippen LogP contribution >= 0.6 is 0 Å². The lowest BCUT2D eigenvalue weighted by molar-refractivity contribution is -0.137. The Hall–Kier alpha value is -2.50. The highest BCUT2D eigenvalue weighted by molar-refractivity contribution is 5.89. The molecule has 0 saturated carbocycles. The Morgan fingerprint density at radius 1 is 1.00 bits per heavy atom. The smallest absolute Gasteiger partial charge is 0.416 e. The first-order chi connectivity index (χ1) is 10.4. The van der Waals surface area contributed by atoms with E-state index >= 15 is 0 Å². The second-order valence-corrected chi connectivity index (χ2v) is 4.94. The minimum absolute atomic E-state index is 0.272. The molecule has 0 bridgehead atoms. The monoisotopic (exact) mass is 307 g/mol. The van der Waals surface area contributed by atoms with Crippen LogP contribution < -0.4 is 4.90 Å². The second-order valence-electron chi connectivity index (χ2n) is 4.94. The van der Waals surface area contributed by atoms with Gasteiger partial charge in [0.1, 0.15) is 6.10 Å². The van der Waals surface area contributed by atoms with Gasteiger partial charge in [0.2, 0.25) is 0 Å². The maximum Gasteiger partial charge on any atom is 0.416 e. The maximum absolute atomic E-state index is 12.6. The molecule has 1 atom stereocenters. The number of halogens is 3. The lowest BCUT2D eigenvalue weighted by Gasteiger charge is -2.14. The average molecular weight is 307 g/mol. The van der Waals surface area contributed by atoms with Crippen molar-refractivity contribution in [2.45, 2.75) is 12.3 Å². The Morgan fingerprint density at radius 3 is 2.23 bits per heavy atom. The normalized spacial score (nSPS) is 18.4. The Bertz CT molecular complexity index is 668. The number of ether oxygens (including phenoxy) is 1. The zero-order valence-electron chi connectivity index (χ0n) is 11.4. The molecular weight excluding hydrogens is 295 g/mol. The van der Waals surface area contributed by atoms with Crippen LogP contribution in [0, 0.1) is 0 Å². The van der Waals surface area contributed by atoms with Gasteiger partial charge in [-0.15, -0.1) is 0 Å². The Labute approximate surface area is 124 Å². The summed E-state index contributed by atoms with van der Waals surface area (Å²) in [7, 11) is 0. The van der Waals surface area contributed by atoms with E-state index < -0.39 is 23.9 Å². The summed E-state index contributed by atoms with van der Waals surface area (Å²) in [6, 6.07) is 13.7. The van der Waals surface area contributed by atoms with Gasteiger partial charge in [-0.2, -0.15) is 13.2 Å². The highest BCUT2D eigenvalue weighted by Crippen LogP contribution is 2.33. The van der Waals surface area contributed by atoms with Crippen molar-refractivity contribution in [2.75, 3.05) is 11.4 Å². The quantitative estimate of drug-likeness (QED) is 0.823. The molecule has 1 aliphatic rings. The molecule has 3 rings (SSSR count). The number of hydrogen-bond acceptors (Lipinski definition) is 2. The van der Waals surface area contributed by atoms with E-state index in [4.69, 9.17) is 4.74 Å². The summed E-state index contributed by atoms with van der Waals surface area (Å²) in [6.45, 7) is 0.272. The van der Waals surface area contributed by atoms with Gasteiger partial charge in [-0.05, 0) is 29.8 Å². The summed E-state index contributed by atoms with van der Waals surface area (Å²) in [5.41, 5.74) is 0.491. The third-order valence-electron chi connectivity index (χ3n) is 3.49. The van der Waals surface area contributed by atoms with Crippen molar-refractivity contribution in [1.29, 1.82) is 0 Å². The number of carbonyl (C=O) groups excluding carboxylic acids is 1. The number of benzene rings is 2. The third-order valence-corrected chi connectivity index (χ3v) is 3.49. The van der Waals surface area contributed by atoms with Crippen molar-refractivity contribution >= 4 is 11.8 Å². The molecule has 0 aliphatic carbocycles. The molecule has 0 aromatic heterocycles. The van der Waals surface area contributed by atoms with Crippen molar-refractivity contribution in [3.05, 3.63) is 65.7 Å². The molecule has 22 heavy (non-hydrogen) atoms. The van der Waals surface area contributed by atoms with Crippen molar-refractivity contribution in [3.8, 4) is 0 Å². The standard InChI is InChI=1S/C16H12F3NO2/c17-16(18,19)12-6-8-13(9-7-12)20-10-14(22-15(20)21)11-4-2-1-3-5-11/h1-9,14H,10H2. The summed E-state index contributed by atoms with van der Waals surface area (Å²) < 4.78 is 42.9. The van der Waals surface area contributed by atoms with E-state index in [2.05, 4.69) is 0 Å². The fourth-order valence-electron chi connectivity index (χ4n) is 2.35. The van der Waals surface area contributed by atoms with E-state index in [1.807, 2.05) is 30.3 Å². The van der Waals surface area contributed by atoms with E-state index in [-0.39, 0.29) is 6.54 Å². The van der Waals surface area contributed by atoms with Gasteiger partial charge in [-0.1, -0.05) is 30.3 Å². The SMILES string of the molecule is O=C1OC(c2ccccc2)CN1c1ccc(C(F)(F)F)cc1. The van der Waals surface area contributed by atoms with Crippen LogP contribution in [0.5, 0.6) is 0 Å². The number of nitrogens with zero attached hydrogens (tertiary/aromatic N) is 1. The number of anilines is 1. The summed E-state index contributed by atoms with van der Waals surface area (Å²) >= 11 is 0. The van der Waals surface area contributed by atoms with Crippen LogP contribution in [-0.4, -0.2) is 12.6 Å². The molecule has 1 amide bonds. The molecule has 114 valence electrons. The minimum Gasteiger partial charge on any atom is -0.439 e. The Morgan fingerprint density at radius 2 is 1.64 bits per heavy atom. The van der Waals surface area contributed by atoms with Gasteiger partial charge in [-0.25, -0.2) is 4.79 Å². The van der Waals surface area contributed by atoms with Gasteiger partial charge in [-0.3, -0.25) is 4.90 Å². The molecule has 3 nitrogen and oxygen atoms in total. The lowest BCUT2D eigenvalue weighted by Crippen LogP contribution is -2.23. The first-order valence-corrected chi connectivity index (χ1v) is 6.65. The van der Waals surface area contributed by atoms with Crippen LogP contribution in [0.25, 0.3) is 0 Å². The van der Waals surface area contributed by atoms with Crippen LogP contribution in [0.1, 0.15) is 17.2 Å². The molecule has 1 heterocycles. The van der Waals surface area contributed by atoms with E-state index in [0.29, 0.717) is 5.69 Å². The summed E-state index contributed by atoms with van der Waals surface area (Å²) in [5, 5.41) is 0. The van der Waals surface area contributed by atoms with Crippen LogP contribution in [0.4, 0.5) is 23.7 Å². The van der Waals surface area contributed by atoms with Gasteiger partial charge < -0.3 is 4.74 Å². The molecular formula is C16H12F3NO2. The predicted octanol–water partition coefficient (Wildman–Crippen LogP) is 4.40. The average Bonchev–Trinajstić information content (AvgIpc) is 2.89. The molecule has 2 aromatic rings. The highest BCUT2D eigenvalue weighted by Gasteiger charge is 2.34. The van der Waals surface area contributed by atoms with Crippen molar-refractivity contribution in [3.63, 3.8) is 0 Å². The molecule has 6 heteroatoms. The number of rotatable bonds is 2. The lowest BCUT2D eigenvalue weighted by atomic mass is 10.1. The van der Waals surface area contributed by atoms with Gasteiger partial charge >= 0.3 is 12.3 Å². The van der Waals surface area contributed by atoms with Crippen LogP contribution in [0.15, 0.2) is 54.6 Å². The van der Waals surface area contributed by atoms with E-state index in [1.54, 1.807) is 0 Å². The molecule has 0 radical (unpaired) electrons. The molecule has 1 saturated heterocycles. The zero-order chi connectivity index (χ0) is 15.7. The number of alkyl halides is 3. The first kappa shape index (κ1) is 14.4. The van der Waals surface area contributed by atoms with E-state index in [9.17, 15) is 18.0 Å². The molecule has 2 aromatic carbocycles. The zero-order valence-corrected chi connectivity index (χ0v) is 11.4. The number of carbonyl (C=O) groups is 1. The van der Waals surface area contributed by atoms with Gasteiger partial charge in [0.05, 0.1) is 12.1 Å². The first-order valence-electron chi connectivity index (χ1n) is 6.65. The molecule has 0 spiro atoms. The minimum atomic E-state index is -4.39. The number of amides is 1. The Balaban J connectivity index is 1.80. The van der Waals surface area contributed by atoms with Crippen molar-refractivity contribution in [2.24, 2.45) is 0 Å². The third kappa shape index (κ3) is 2.77. The molecule has 1 fully saturated rings. The van der Waals surface area contributed by atoms with E-state index in [1.165, 1.54) is 17.0 Å². The molecule has 1 aliphatic heterocycles. The van der Waals surface area contributed by atoms with Crippen LogP contribution in [0.2, 0.25) is 0 Å². The fraction of sp³-hybridized carbons (Fsp3) is 0.188. The van der Waals surface area contributed by atoms with Gasteiger partial charge in [0.15, 0.2) is 0 Å². The van der Waals surface area contributed by atoms with Crippen LogP contribution in [0.3, 0.4) is 0 Å². The largest absolute Gasteiger partial charge is 0.439 e. The van der Waals surface area contributed by atoms with Crippen LogP contribution in [-0.2, 0) is 10.9 Å². The second kappa shape index (κ2) is 5.36. The van der Waals surface area contributed by atoms with Gasteiger partial charge in [0, 0.05) is 5.69 Å². The predicted molar refractivity (Wildman–Crippen MR) is 74.5 cm³/mol. The highest BCUT2D eigenvalue weighted by atomic mass is 19.4. The van der Waals surface area contributed by atoms with Crippen molar-refractivity contribution < 1.29 is 22.7 Å². The molecule has 0 N–H and O–H groups in total. The number of hydrogen-bond donors (Lipinski definition) is 0. The Kier molecular flexibility index (Phi) is 3.52. The summed E-state index contributed by atoms with van der Waals surface area (Å²) in [6.07, 6.45) is -5.37. The van der Waals surface area contributed by atoms with Gasteiger partial charge in [0.25, 0.3) is 0 Å². The van der Waals surface area contributed by atoms with E-state index in [0.717, 1.165) is 17.7 Å². The maximum atomic E-state index is 12.6. The van der Waals surface area contributed by atoms with Crippen molar-refractivity contribution in [1.82, 2.24) is 0 Å². The number of cyclic esters (lactones) is 1. The summed E-state index contributed by atoms with van der Waals surface area (Å²) in [4.78, 5) is 13.3. The summed E-state index contributed by atoms with van der Waals surface area (Å²) in [5.74, 6) is 0. The topological polar surface area (TPSA) is 29.5 Å².